The second-order valence-corrected chi connectivity index (χ2v) is 6.42. The molecule has 6 nitrogen and oxygen atoms in total. The van der Waals surface area contributed by atoms with Crippen LogP contribution in [0.1, 0.15) is 5.56 Å². The third-order valence-corrected chi connectivity index (χ3v) is 4.31. The van der Waals surface area contributed by atoms with Crippen molar-refractivity contribution in [1.29, 1.82) is 0 Å². The monoisotopic (exact) mass is 397 g/mol. The smallest absolute Gasteiger partial charge is 0.262 e. The van der Waals surface area contributed by atoms with Gasteiger partial charge in [-0.05, 0) is 42.8 Å². The van der Waals surface area contributed by atoms with Crippen molar-refractivity contribution >= 4 is 34.7 Å². The molecule has 3 aromatic rings. The first-order chi connectivity index (χ1) is 13.5. The van der Waals surface area contributed by atoms with Crippen LogP contribution >= 0.6 is 11.6 Å². The summed E-state index contributed by atoms with van der Waals surface area (Å²) in [5, 5.41) is 6.56. The van der Waals surface area contributed by atoms with Crippen molar-refractivity contribution < 1.29 is 14.3 Å². The van der Waals surface area contributed by atoms with Gasteiger partial charge in [-0.1, -0.05) is 29.8 Å². The normalized spacial score (nSPS) is 10.2. The maximum absolute atomic E-state index is 12.0. The minimum absolute atomic E-state index is 0.0781. The molecule has 1 aromatic heterocycles. The molecule has 7 heteroatoms. The lowest BCUT2D eigenvalue weighted by atomic mass is 10.2. The lowest BCUT2D eigenvalue weighted by Gasteiger charge is -2.13. The largest absolute Gasteiger partial charge is 0.495 e. The van der Waals surface area contributed by atoms with Crippen LogP contribution in [0.15, 0.2) is 60.8 Å². The highest BCUT2D eigenvalue weighted by Crippen LogP contribution is 2.32. The Kier molecular flexibility index (Phi) is 6.34. The Bertz CT molecular complexity index is 947. The van der Waals surface area contributed by atoms with Crippen LogP contribution in [-0.4, -0.2) is 24.6 Å². The molecule has 2 N–H and O–H groups in total. The van der Waals surface area contributed by atoms with Gasteiger partial charge in [0, 0.05) is 11.1 Å². The van der Waals surface area contributed by atoms with E-state index in [2.05, 4.69) is 15.6 Å². The van der Waals surface area contributed by atoms with E-state index in [4.69, 9.17) is 21.1 Å². The average Bonchev–Trinajstić information content (AvgIpc) is 2.71. The Labute approximate surface area is 168 Å². The first-order valence-electron chi connectivity index (χ1n) is 8.60. The fraction of sp³-hybridized carbons (Fsp3) is 0.143. The van der Waals surface area contributed by atoms with Crippen LogP contribution in [0.25, 0.3) is 0 Å². The number of para-hydroxylation sites is 1. The molecular formula is C21H20ClN3O3. The molecule has 0 spiro atoms. The van der Waals surface area contributed by atoms with Crippen LogP contribution in [0.4, 0.5) is 17.2 Å². The SMILES string of the molecule is COc1cc(Cl)c(C)cc1Nc1ccc(NC(=O)COc2ccccc2)cn1. The second kappa shape index (κ2) is 9.10. The molecule has 0 aliphatic carbocycles. The number of hydrogen-bond acceptors (Lipinski definition) is 5. The second-order valence-electron chi connectivity index (χ2n) is 6.01. The van der Waals surface area contributed by atoms with Crippen molar-refractivity contribution in [1.82, 2.24) is 4.98 Å². The standard InChI is InChI=1S/C21H20ClN3O3/c1-14-10-18(19(27-2)11-17(14)22)25-20-9-8-15(12-23-20)24-21(26)13-28-16-6-4-3-5-7-16/h3-12H,13H2,1-2H3,(H,23,25)(H,24,26). The number of nitrogens with zero attached hydrogens (tertiary/aromatic N) is 1. The summed E-state index contributed by atoms with van der Waals surface area (Å²) in [6.07, 6.45) is 1.57. The van der Waals surface area contributed by atoms with E-state index in [1.807, 2.05) is 31.2 Å². The number of carbonyl (C=O) groups is 1. The number of hydrogen-bond donors (Lipinski definition) is 2. The minimum Gasteiger partial charge on any atom is -0.495 e. The Morgan fingerprint density at radius 2 is 1.93 bits per heavy atom. The van der Waals surface area contributed by atoms with E-state index in [0.29, 0.717) is 28.0 Å². The Balaban J connectivity index is 1.59. The zero-order chi connectivity index (χ0) is 19.9. The van der Waals surface area contributed by atoms with Gasteiger partial charge in [-0.3, -0.25) is 4.79 Å². The summed E-state index contributed by atoms with van der Waals surface area (Å²) in [4.78, 5) is 16.3. The van der Waals surface area contributed by atoms with Gasteiger partial charge in [0.15, 0.2) is 6.61 Å². The summed E-state index contributed by atoms with van der Waals surface area (Å²) >= 11 is 6.13. The molecule has 0 atom stereocenters. The predicted octanol–water partition coefficient (Wildman–Crippen LogP) is 4.81. The number of methoxy groups -OCH3 is 1. The van der Waals surface area contributed by atoms with Crippen molar-refractivity contribution in [2.45, 2.75) is 6.92 Å². The van der Waals surface area contributed by atoms with Gasteiger partial charge in [-0.25, -0.2) is 4.98 Å². The molecule has 144 valence electrons. The molecule has 0 aliphatic heterocycles. The van der Waals surface area contributed by atoms with Gasteiger partial charge in [0.05, 0.1) is 24.7 Å². The summed E-state index contributed by atoms with van der Waals surface area (Å²) in [6, 6.07) is 16.3. The quantitative estimate of drug-likeness (QED) is 0.598. The molecule has 0 aliphatic rings. The molecule has 0 bridgehead atoms. The maximum atomic E-state index is 12.0. The number of pyridine rings is 1. The van der Waals surface area contributed by atoms with Crippen molar-refractivity contribution in [3.8, 4) is 11.5 Å². The lowest BCUT2D eigenvalue weighted by Crippen LogP contribution is -2.20. The summed E-state index contributed by atoms with van der Waals surface area (Å²) in [7, 11) is 1.58. The maximum Gasteiger partial charge on any atom is 0.262 e. The number of ether oxygens (including phenoxy) is 2. The van der Waals surface area contributed by atoms with Crippen LogP contribution in [0.2, 0.25) is 5.02 Å². The van der Waals surface area contributed by atoms with E-state index in [0.717, 1.165) is 11.3 Å². The average molecular weight is 398 g/mol. The molecular weight excluding hydrogens is 378 g/mol. The highest BCUT2D eigenvalue weighted by molar-refractivity contribution is 6.31. The fourth-order valence-electron chi connectivity index (χ4n) is 2.47. The van der Waals surface area contributed by atoms with E-state index in [1.165, 1.54) is 0 Å². The van der Waals surface area contributed by atoms with Crippen LogP contribution < -0.4 is 20.1 Å². The van der Waals surface area contributed by atoms with Gasteiger partial charge in [0.2, 0.25) is 0 Å². The van der Waals surface area contributed by atoms with Crippen molar-refractivity contribution in [3.63, 3.8) is 0 Å². The molecule has 0 unspecified atom stereocenters. The Morgan fingerprint density at radius 1 is 1.14 bits per heavy atom. The number of carbonyl (C=O) groups excluding carboxylic acids is 1. The predicted molar refractivity (Wildman–Crippen MR) is 111 cm³/mol. The summed E-state index contributed by atoms with van der Waals surface area (Å²) in [6.45, 7) is 1.84. The Morgan fingerprint density at radius 3 is 2.61 bits per heavy atom. The van der Waals surface area contributed by atoms with Crippen molar-refractivity contribution in [3.05, 3.63) is 71.4 Å². The topological polar surface area (TPSA) is 72.5 Å². The number of rotatable bonds is 7. The molecule has 0 saturated carbocycles. The number of aromatic nitrogens is 1. The first-order valence-corrected chi connectivity index (χ1v) is 8.98. The zero-order valence-electron chi connectivity index (χ0n) is 15.5. The third-order valence-electron chi connectivity index (χ3n) is 3.90. The summed E-state index contributed by atoms with van der Waals surface area (Å²) < 4.78 is 10.8. The van der Waals surface area contributed by atoms with Crippen LogP contribution in [0, 0.1) is 6.92 Å². The van der Waals surface area contributed by atoms with E-state index in [1.54, 1.807) is 43.6 Å². The lowest BCUT2D eigenvalue weighted by molar-refractivity contribution is -0.118. The van der Waals surface area contributed by atoms with Crippen molar-refractivity contribution in [2.24, 2.45) is 0 Å². The van der Waals surface area contributed by atoms with E-state index in [9.17, 15) is 4.79 Å². The minimum atomic E-state index is -0.263. The molecule has 0 saturated heterocycles. The van der Waals surface area contributed by atoms with Crippen LogP contribution in [0.3, 0.4) is 0 Å². The van der Waals surface area contributed by atoms with E-state index in [-0.39, 0.29) is 12.5 Å². The van der Waals surface area contributed by atoms with Crippen LogP contribution in [0.5, 0.6) is 11.5 Å². The molecule has 0 radical (unpaired) electrons. The number of aryl methyl sites for hydroxylation is 1. The Hall–Kier alpha value is -3.25. The molecule has 1 heterocycles. The third kappa shape index (κ3) is 5.14. The summed E-state index contributed by atoms with van der Waals surface area (Å²) in [5.41, 5.74) is 2.25. The highest BCUT2D eigenvalue weighted by atomic mass is 35.5. The molecule has 0 fully saturated rings. The van der Waals surface area contributed by atoms with Crippen molar-refractivity contribution in [2.75, 3.05) is 24.4 Å². The number of benzene rings is 2. The van der Waals surface area contributed by atoms with Crippen LogP contribution in [-0.2, 0) is 4.79 Å². The summed E-state index contributed by atoms with van der Waals surface area (Å²) in [5.74, 6) is 1.61. The van der Waals surface area contributed by atoms with Gasteiger partial charge in [-0.2, -0.15) is 0 Å². The number of halogens is 1. The van der Waals surface area contributed by atoms with Gasteiger partial charge in [0.1, 0.15) is 17.3 Å². The van der Waals surface area contributed by atoms with Gasteiger partial charge in [-0.15, -0.1) is 0 Å². The number of amides is 1. The molecule has 28 heavy (non-hydrogen) atoms. The van der Waals surface area contributed by atoms with Gasteiger partial charge >= 0.3 is 0 Å². The number of anilines is 3. The van der Waals surface area contributed by atoms with Gasteiger partial charge in [0.25, 0.3) is 5.91 Å². The zero-order valence-corrected chi connectivity index (χ0v) is 16.3. The van der Waals surface area contributed by atoms with E-state index < -0.39 is 0 Å². The van der Waals surface area contributed by atoms with Gasteiger partial charge < -0.3 is 20.1 Å². The molecule has 2 aromatic carbocycles. The fourth-order valence-corrected chi connectivity index (χ4v) is 2.63. The number of nitrogens with one attached hydrogen (secondary N) is 2. The molecule has 1 amide bonds. The molecule has 3 rings (SSSR count). The highest BCUT2D eigenvalue weighted by Gasteiger charge is 2.09. The van der Waals surface area contributed by atoms with E-state index >= 15 is 0 Å². The first kappa shape index (κ1) is 19.5.